The van der Waals surface area contributed by atoms with Crippen molar-refractivity contribution in [3.63, 3.8) is 0 Å². The molecule has 0 bridgehead atoms. The van der Waals surface area contributed by atoms with Crippen molar-refractivity contribution in [1.29, 1.82) is 0 Å². The predicted octanol–water partition coefficient (Wildman–Crippen LogP) is 2.49. The van der Waals surface area contributed by atoms with Gasteiger partial charge in [-0.3, -0.25) is 4.99 Å². The Morgan fingerprint density at radius 3 is 2.72 bits per heavy atom. The van der Waals surface area contributed by atoms with Crippen LogP contribution in [-0.2, 0) is 18.5 Å². The van der Waals surface area contributed by atoms with Gasteiger partial charge in [0.2, 0.25) is 5.89 Å². The molecule has 0 fully saturated rings. The number of hydrogen-bond acceptors (Lipinski definition) is 4. The van der Waals surface area contributed by atoms with Gasteiger partial charge in [0.05, 0.1) is 25.0 Å². The Morgan fingerprint density at radius 1 is 1.24 bits per heavy atom. The van der Waals surface area contributed by atoms with Crippen LogP contribution in [0, 0.1) is 0 Å². The third-order valence-electron chi connectivity index (χ3n) is 3.77. The first-order chi connectivity index (χ1) is 12.0. The number of fused-ring (bicyclic) bond motifs is 1. The van der Waals surface area contributed by atoms with E-state index in [1.807, 2.05) is 35.0 Å². The number of guanidine groups is 1. The SMILES string of the molecule is CN=C(NCc1cn2ccccc2n1)NCc1ncc(C(C)(C)C)o1. The third kappa shape index (κ3) is 4.17. The Hall–Kier alpha value is -2.83. The number of oxazole rings is 1. The predicted molar refractivity (Wildman–Crippen MR) is 97.4 cm³/mol. The van der Waals surface area contributed by atoms with Crippen molar-refractivity contribution in [2.24, 2.45) is 4.99 Å². The average Bonchev–Trinajstić information content (AvgIpc) is 3.21. The fraction of sp³-hybridized carbons (Fsp3) is 0.389. The molecule has 0 amide bonds. The molecule has 0 aliphatic heterocycles. The number of hydrogen-bond donors (Lipinski definition) is 2. The molecule has 3 aromatic heterocycles. The first kappa shape index (κ1) is 17.0. The minimum Gasteiger partial charge on any atom is -0.443 e. The van der Waals surface area contributed by atoms with Crippen molar-refractivity contribution in [3.05, 3.63) is 54.1 Å². The molecule has 25 heavy (non-hydrogen) atoms. The maximum absolute atomic E-state index is 5.77. The summed E-state index contributed by atoms with van der Waals surface area (Å²) in [4.78, 5) is 13.1. The largest absolute Gasteiger partial charge is 0.443 e. The summed E-state index contributed by atoms with van der Waals surface area (Å²) in [5.41, 5.74) is 1.82. The molecule has 7 heteroatoms. The quantitative estimate of drug-likeness (QED) is 0.563. The molecule has 7 nitrogen and oxygen atoms in total. The van der Waals surface area contributed by atoms with E-state index in [0.29, 0.717) is 24.9 Å². The molecule has 0 atom stereocenters. The second-order valence-corrected chi connectivity index (χ2v) is 6.85. The molecule has 3 heterocycles. The zero-order chi connectivity index (χ0) is 17.9. The highest BCUT2D eigenvalue weighted by molar-refractivity contribution is 5.79. The molecule has 0 spiro atoms. The summed E-state index contributed by atoms with van der Waals surface area (Å²) in [6, 6.07) is 5.93. The number of nitrogens with zero attached hydrogens (tertiary/aromatic N) is 4. The van der Waals surface area contributed by atoms with Gasteiger partial charge in [0.1, 0.15) is 11.4 Å². The van der Waals surface area contributed by atoms with Gasteiger partial charge in [0.15, 0.2) is 5.96 Å². The van der Waals surface area contributed by atoms with Gasteiger partial charge < -0.3 is 19.5 Å². The van der Waals surface area contributed by atoms with Crippen LogP contribution in [0.1, 0.15) is 38.1 Å². The Morgan fingerprint density at radius 2 is 2.04 bits per heavy atom. The fourth-order valence-corrected chi connectivity index (χ4v) is 2.37. The number of rotatable bonds is 4. The topological polar surface area (TPSA) is 79.8 Å². The van der Waals surface area contributed by atoms with Crippen LogP contribution in [0.15, 0.2) is 46.2 Å². The van der Waals surface area contributed by atoms with E-state index in [4.69, 9.17) is 4.42 Å². The average molecular weight is 340 g/mol. The fourth-order valence-electron chi connectivity index (χ4n) is 2.37. The van der Waals surface area contributed by atoms with Gasteiger partial charge in [-0.2, -0.15) is 0 Å². The number of pyridine rings is 1. The van der Waals surface area contributed by atoms with E-state index >= 15 is 0 Å². The zero-order valence-electron chi connectivity index (χ0n) is 15.1. The summed E-state index contributed by atoms with van der Waals surface area (Å²) >= 11 is 0. The van der Waals surface area contributed by atoms with E-state index in [1.165, 1.54) is 0 Å². The summed E-state index contributed by atoms with van der Waals surface area (Å²) in [7, 11) is 1.73. The van der Waals surface area contributed by atoms with Crippen LogP contribution in [0.4, 0.5) is 0 Å². The number of aliphatic imine (C=N–C) groups is 1. The van der Waals surface area contributed by atoms with Crippen LogP contribution in [0.2, 0.25) is 0 Å². The smallest absolute Gasteiger partial charge is 0.213 e. The molecule has 0 aliphatic carbocycles. The molecule has 0 saturated carbocycles. The number of aromatic nitrogens is 3. The first-order valence-electron chi connectivity index (χ1n) is 8.28. The highest BCUT2D eigenvalue weighted by atomic mass is 16.4. The van der Waals surface area contributed by atoms with Gasteiger partial charge in [-0.25, -0.2) is 9.97 Å². The van der Waals surface area contributed by atoms with Crippen molar-refractivity contribution < 1.29 is 4.42 Å². The molecule has 132 valence electrons. The Balaban J connectivity index is 1.55. The molecule has 0 saturated heterocycles. The van der Waals surface area contributed by atoms with E-state index in [1.54, 1.807) is 13.2 Å². The third-order valence-corrected chi connectivity index (χ3v) is 3.77. The van der Waals surface area contributed by atoms with Crippen LogP contribution in [0.5, 0.6) is 0 Å². The van der Waals surface area contributed by atoms with E-state index in [9.17, 15) is 0 Å². The van der Waals surface area contributed by atoms with Crippen molar-refractivity contribution in [2.45, 2.75) is 39.3 Å². The van der Waals surface area contributed by atoms with Gasteiger partial charge in [0, 0.05) is 24.9 Å². The lowest BCUT2D eigenvalue weighted by Crippen LogP contribution is -2.36. The Bertz CT molecular complexity index is 838. The van der Waals surface area contributed by atoms with Gasteiger partial charge in [-0.1, -0.05) is 26.8 Å². The van der Waals surface area contributed by atoms with Gasteiger partial charge >= 0.3 is 0 Å². The Labute approximate surface area is 147 Å². The zero-order valence-corrected chi connectivity index (χ0v) is 15.1. The molecule has 3 rings (SSSR count). The summed E-state index contributed by atoms with van der Waals surface area (Å²) in [6.07, 6.45) is 5.76. The van der Waals surface area contributed by atoms with E-state index < -0.39 is 0 Å². The Kier molecular flexibility index (Phi) is 4.74. The monoisotopic (exact) mass is 340 g/mol. The summed E-state index contributed by atoms with van der Waals surface area (Å²) in [5.74, 6) is 2.19. The van der Waals surface area contributed by atoms with E-state index in [-0.39, 0.29) is 5.41 Å². The van der Waals surface area contributed by atoms with Gasteiger partial charge in [-0.05, 0) is 12.1 Å². The molecule has 2 N–H and O–H groups in total. The summed E-state index contributed by atoms with van der Waals surface area (Å²) in [6.45, 7) is 7.35. The lowest BCUT2D eigenvalue weighted by Gasteiger charge is -2.13. The standard InChI is InChI=1S/C18H24N6O/c1-18(2,3)14-10-20-16(25-14)11-22-17(19-4)21-9-13-12-24-8-6-5-7-15(24)23-13/h5-8,10,12H,9,11H2,1-4H3,(H2,19,21,22). The normalized spacial score (nSPS) is 12.6. The van der Waals surface area contributed by atoms with E-state index in [0.717, 1.165) is 17.1 Å². The van der Waals surface area contributed by atoms with Crippen molar-refractivity contribution in [2.75, 3.05) is 7.05 Å². The number of imidazole rings is 1. The second kappa shape index (κ2) is 6.96. The molecule has 0 aliphatic rings. The molecular formula is C18H24N6O. The molecule has 3 aromatic rings. The highest BCUT2D eigenvalue weighted by Gasteiger charge is 2.19. The maximum atomic E-state index is 5.77. The van der Waals surface area contributed by atoms with Crippen molar-refractivity contribution in [1.82, 2.24) is 25.0 Å². The number of nitrogens with one attached hydrogen (secondary N) is 2. The van der Waals surface area contributed by atoms with Crippen molar-refractivity contribution >= 4 is 11.6 Å². The minimum atomic E-state index is -0.0473. The minimum absolute atomic E-state index is 0.0473. The lowest BCUT2D eigenvalue weighted by atomic mass is 9.94. The van der Waals surface area contributed by atoms with Crippen LogP contribution in [0.25, 0.3) is 5.65 Å². The van der Waals surface area contributed by atoms with Crippen molar-refractivity contribution in [3.8, 4) is 0 Å². The van der Waals surface area contributed by atoms with Crippen LogP contribution < -0.4 is 10.6 Å². The summed E-state index contributed by atoms with van der Waals surface area (Å²) in [5, 5.41) is 6.45. The van der Waals surface area contributed by atoms with Crippen LogP contribution in [0.3, 0.4) is 0 Å². The van der Waals surface area contributed by atoms with Gasteiger partial charge in [-0.15, -0.1) is 0 Å². The molecule has 0 radical (unpaired) electrons. The first-order valence-corrected chi connectivity index (χ1v) is 8.28. The molecular weight excluding hydrogens is 316 g/mol. The molecule has 0 aromatic carbocycles. The van der Waals surface area contributed by atoms with Gasteiger partial charge in [0.25, 0.3) is 0 Å². The van der Waals surface area contributed by atoms with Crippen LogP contribution in [-0.4, -0.2) is 27.4 Å². The lowest BCUT2D eigenvalue weighted by molar-refractivity contribution is 0.379. The van der Waals surface area contributed by atoms with E-state index in [2.05, 4.69) is 46.4 Å². The second-order valence-electron chi connectivity index (χ2n) is 6.85. The maximum Gasteiger partial charge on any atom is 0.213 e. The summed E-state index contributed by atoms with van der Waals surface area (Å²) < 4.78 is 7.77. The highest BCUT2D eigenvalue weighted by Crippen LogP contribution is 2.22. The molecule has 0 unspecified atom stereocenters. The van der Waals surface area contributed by atoms with Crippen LogP contribution >= 0.6 is 0 Å².